The first-order chi connectivity index (χ1) is 13.7. The third kappa shape index (κ3) is 3.44. The van der Waals surface area contributed by atoms with Crippen LogP contribution in [-0.2, 0) is 23.2 Å². The number of sulfonamides is 1. The maximum absolute atomic E-state index is 13.2. The molecule has 0 unspecified atom stereocenters. The first kappa shape index (κ1) is 19.3. The van der Waals surface area contributed by atoms with Crippen LogP contribution in [-0.4, -0.2) is 31.3 Å². The second kappa shape index (κ2) is 6.80. The summed E-state index contributed by atoms with van der Waals surface area (Å²) < 4.78 is 73.8. The molecule has 2 heterocycles. The van der Waals surface area contributed by atoms with Crippen molar-refractivity contribution in [2.75, 3.05) is 17.5 Å². The van der Waals surface area contributed by atoms with Gasteiger partial charge in [0, 0.05) is 18.8 Å². The molecular formula is C19H16F3N3O3S. The Balaban J connectivity index is 1.80. The van der Waals surface area contributed by atoms with Crippen LogP contribution >= 0.6 is 0 Å². The summed E-state index contributed by atoms with van der Waals surface area (Å²) >= 11 is 0. The highest BCUT2D eigenvalue weighted by molar-refractivity contribution is 7.92. The van der Waals surface area contributed by atoms with Gasteiger partial charge in [0.05, 0.1) is 28.4 Å². The summed E-state index contributed by atoms with van der Waals surface area (Å²) in [6, 6.07) is 10.6. The largest absolute Gasteiger partial charge is 0.489 e. The van der Waals surface area contributed by atoms with Gasteiger partial charge in [0.2, 0.25) is 0 Å². The van der Waals surface area contributed by atoms with Gasteiger partial charge >= 0.3 is 6.18 Å². The zero-order chi connectivity index (χ0) is 20.8. The molecule has 0 N–H and O–H groups in total. The van der Waals surface area contributed by atoms with E-state index < -0.39 is 26.7 Å². The van der Waals surface area contributed by atoms with Gasteiger partial charge in [0.15, 0.2) is 0 Å². The minimum atomic E-state index is -4.64. The zero-order valence-corrected chi connectivity index (χ0v) is 16.0. The molecule has 1 aliphatic rings. The van der Waals surface area contributed by atoms with Crippen LogP contribution in [0.5, 0.6) is 5.75 Å². The first-order valence-corrected chi connectivity index (χ1v) is 10.1. The number of benzene rings is 2. The number of halogens is 3. The van der Waals surface area contributed by atoms with Gasteiger partial charge in [-0.2, -0.15) is 18.3 Å². The van der Waals surface area contributed by atoms with Crippen molar-refractivity contribution in [3.63, 3.8) is 0 Å². The van der Waals surface area contributed by atoms with E-state index in [0.717, 1.165) is 28.2 Å². The number of hydrogen-bond acceptors (Lipinski definition) is 4. The molecular weight excluding hydrogens is 407 g/mol. The van der Waals surface area contributed by atoms with E-state index in [1.54, 1.807) is 42.2 Å². The van der Waals surface area contributed by atoms with E-state index in [9.17, 15) is 21.6 Å². The normalized spacial score (nSPS) is 14.4. The second-order valence-electron chi connectivity index (χ2n) is 6.47. The molecule has 1 aliphatic heterocycles. The van der Waals surface area contributed by atoms with Crippen molar-refractivity contribution in [1.82, 2.24) is 9.78 Å². The molecule has 29 heavy (non-hydrogen) atoms. The van der Waals surface area contributed by atoms with Gasteiger partial charge in [-0.05, 0) is 42.5 Å². The van der Waals surface area contributed by atoms with Crippen LogP contribution in [0.1, 0.15) is 5.56 Å². The second-order valence-corrected chi connectivity index (χ2v) is 8.34. The van der Waals surface area contributed by atoms with Crippen molar-refractivity contribution < 1.29 is 26.3 Å². The van der Waals surface area contributed by atoms with Crippen molar-refractivity contribution in [2.24, 2.45) is 7.05 Å². The summed E-state index contributed by atoms with van der Waals surface area (Å²) in [5, 5.41) is 4.10. The van der Waals surface area contributed by atoms with Crippen LogP contribution in [0.2, 0.25) is 0 Å². The van der Waals surface area contributed by atoms with Crippen LogP contribution < -0.4 is 9.04 Å². The summed E-state index contributed by atoms with van der Waals surface area (Å²) in [5.41, 5.74) is 0.719. The summed E-state index contributed by atoms with van der Waals surface area (Å²) in [6.45, 7) is 0.0800. The maximum atomic E-state index is 13.2. The Morgan fingerprint density at radius 1 is 1.10 bits per heavy atom. The topological polar surface area (TPSA) is 64.4 Å². The summed E-state index contributed by atoms with van der Waals surface area (Å²) in [4.78, 5) is -0.425. The van der Waals surface area contributed by atoms with Crippen LogP contribution in [0.25, 0.3) is 11.3 Å². The van der Waals surface area contributed by atoms with E-state index in [0.29, 0.717) is 17.4 Å². The van der Waals surface area contributed by atoms with E-state index in [1.165, 1.54) is 0 Å². The lowest BCUT2D eigenvalue weighted by molar-refractivity contribution is -0.137. The van der Waals surface area contributed by atoms with Crippen LogP contribution in [0.15, 0.2) is 59.6 Å². The molecule has 0 fully saturated rings. The van der Waals surface area contributed by atoms with E-state index in [4.69, 9.17) is 4.74 Å². The number of ether oxygens (including phenoxy) is 1. The zero-order valence-electron chi connectivity index (χ0n) is 15.2. The van der Waals surface area contributed by atoms with Gasteiger partial charge in [-0.25, -0.2) is 8.42 Å². The number of rotatable bonds is 3. The SMILES string of the molecule is Cn1nccc1-c1ccc2c(c1)N(S(=O)(=O)c1cccc(C(F)(F)F)c1)CCO2. The minimum absolute atomic E-state index is 0.0135. The van der Waals surface area contributed by atoms with Gasteiger partial charge in [0.1, 0.15) is 12.4 Å². The molecule has 0 radical (unpaired) electrons. The number of alkyl halides is 3. The molecule has 4 rings (SSSR count). The molecule has 6 nitrogen and oxygen atoms in total. The van der Waals surface area contributed by atoms with Gasteiger partial charge in [-0.3, -0.25) is 8.99 Å². The highest BCUT2D eigenvalue weighted by atomic mass is 32.2. The Kier molecular flexibility index (Phi) is 4.53. The lowest BCUT2D eigenvalue weighted by Gasteiger charge is -2.31. The monoisotopic (exact) mass is 423 g/mol. The Bertz CT molecular complexity index is 1170. The molecule has 2 aromatic carbocycles. The van der Waals surface area contributed by atoms with E-state index in [-0.39, 0.29) is 18.8 Å². The molecule has 10 heteroatoms. The minimum Gasteiger partial charge on any atom is -0.489 e. The number of nitrogens with zero attached hydrogens (tertiary/aromatic N) is 3. The fourth-order valence-electron chi connectivity index (χ4n) is 3.22. The lowest BCUT2D eigenvalue weighted by Crippen LogP contribution is -2.38. The molecule has 0 saturated heterocycles. The van der Waals surface area contributed by atoms with Crippen molar-refractivity contribution >= 4 is 15.7 Å². The Morgan fingerprint density at radius 3 is 2.59 bits per heavy atom. The molecule has 0 aliphatic carbocycles. The third-order valence-electron chi connectivity index (χ3n) is 4.65. The van der Waals surface area contributed by atoms with Gasteiger partial charge in [-0.1, -0.05) is 6.07 Å². The average molecular weight is 423 g/mol. The van der Waals surface area contributed by atoms with Crippen molar-refractivity contribution in [1.29, 1.82) is 0 Å². The Labute approximate surface area is 165 Å². The van der Waals surface area contributed by atoms with E-state index in [2.05, 4.69) is 5.10 Å². The van der Waals surface area contributed by atoms with Crippen molar-refractivity contribution in [3.8, 4) is 17.0 Å². The molecule has 0 amide bonds. The molecule has 0 bridgehead atoms. The molecule has 0 spiro atoms. The van der Waals surface area contributed by atoms with Gasteiger partial charge in [0.25, 0.3) is 10.0 Å². The van der Waals surface area contributed by atoms with Gasteiger partial charge in [-0.15, -0.1) is 0 Å². The number of hydrogen-bond donors (Lipinski definition) is 0. The standard InChI is InChI=1S/C19H16F3N3O3S/c1-24-16(7-8-23-24)13-5-6-18-17(11-13)25(9-10-28-18)29(26,27)15-4-2-3-14(12-15)19(20,21)22/h2-8,11-12H,9-10H2,1H3. The molecule has 0 atom stereocenters. The molecule has 3 aromatic rings. The van der Waals surface area contributed by atoms with E-state index >= 15 is 0 Å². The number of anilines is 1. The quantitative estimate of drug-likeness (QED) is 0.645. The third-order valence-corrected chi connectivity index (χ3v) is 6.45. The highest BCUT2D eigenvalue weighted by Crippen LogP contribution is 2.39. The van der Waals surface area contributed by atoms with Crippen molar-refractivity contribution in [2.45, 2.75) is 11.1 Å². The first-order valence-electron chi connectivity index (χ1n) is 8.63. The van der Waals surface area contributed by atoms with Gasteiger partial charge < -0.3 is 4.74 Å². The number of aryl methyl sites for hydroxylation is 1. The molecule has 0 saturated carbocycles. The molecule has 152 valence electrons. The van der Waals surface area contributed by atoms with Crippen LogP contribution in [0, 0.1) is 0 Å². The maximum Gasteiger partial charge on any atom is 0.416 e. The average Bonchev–Trinajstić information content (AvgIpc) is 3.12. The summed E-state index contributed by atoms with van der Waals surface area (Å²) in [5.74, 6) is 0.345. The highest BCUT2D eigenvalue weighted by Gasteiger charge is 2.34. The summed E-state index contributed by atoms with van der Waals surface area (Å²) in [7, 11) is -2.47. The van der Waals surface area contributed by atoms with Crippen molar-refractivity contribution in [3.05, 3.63) is 60.3 Å². The Hall–Kier alpha value is -3.01. The number of fused-ring (bicyclic) bond motifs is 1. The fraction of sp³-hybridized carbons (Fsp3) is 0.211. The Morgan fingerprint density at radius 2 is 1.90 bits per heavy atom. The fourth-order valence-corrected chi connectivity index (χ4v) is 4.72. The smallest absolute Gasteiger partial charge is 0.416 e. The van der Waals surface area contributed by atoms with Crippen LogP contribution in [0.3, 0.4) is 0 Å². The van der Waals surface area contributed by atoms with Crippen LogP contribution in [0.4, 0.5) is 18.9 Å². The summed E-state index contributed by atoms with van der Waals surface area (Å²) in [6.07, 6.45) is -3.02. The predicted octanol–water partition coefficient (Wildman–Crippen LogP) is 3.69. The van der Waals surface area contributed by atoms with E-state index in [1.807, 2.05) is 0 Å². The number of aromatic nitrogens is 2. The molecule has 1 aromatic heterocycles. The lowest BCUT2D eigenvalue weighted by atomic mass is 10.1. The predicted molar refractivity (Wildman–Crippen MR) is 100 cm³/mol.